The first-order chi connectivity index (χ1) is 9.72. The summed E-state index contributed by atoms with van der Waals surface area (Å²) in [6, 6.07) is 12.7. The van der Waals surface area contributed by atoms with Crippen molar-refractivity contribution in [1.82, 2.24) is 0 Å². The molecule has 0 saturated carbocycles. The maximum Gasteiger partial charge on any atom is 0.338 e. The molecule has 0 fully saturated rings. The van der Waals surface area contributed by atoms with Crippen molar-refractivity contribution in [2.75, 3.05) is 6.61 Å². The number of esters is 1. The molecule has 4 heteroatoms. The van der Waals surface area contributed by atoms with E-state index in [2.05, 4.69) is 0 Å². The quantitative estimate of drug-likeness (QED) is 0.533. The molecular weight excluding hydrogens is 272 g/mol. The average molecular weight is 284 g/mol. The van der Waals surface area contributed by atoms with Gasteiger partial charge >= 0.3 is 5.97 Å². The lowest BCUT2D eigenvalue weighted by atomic mass is 10.1. The maximum atomic E-state index is 12.6. The second-order valence-corrected chi connectivity index (χ2v) is 5.41. The topological polar surface area (TPSA) is 43.4 Å². The standard InChI is InChI=1S/C16H12O3S/c1-2-19-16(18)11-7-5-9-13-14(11)15(17)10-6-3-4-8-12(10)20-13/h3-9H,2H2,1H3. The maximum absolute atomic E-state index is 12.6. The normalized spacial score (nSPS) is 10.8. The summed E-state index contributed by atoms with van der Waals surface area (Å²) in [6.45, 7) is 2.04. The largest absolute Gasteiger partial charge is 0.462 e. The van der Waals surface area contributed by atoms with Gasteiger partial charge in [-0.15, -0.1) is 11.3 Å². The minimum atomic E-state index is -0.447. The van der Waals surface area contributed by atoms with E-state index in [1.165, 1.54) is 11.3 Å². The zero-order valence-electron chi connectivity index (χ0n) is 10.9. The SMILES string of the molecule is CCOC(=O)c1cccc2sc3ccccc3c(=O)c12. The zero-order chi connectivity index (χ0) is 14.1. The molecule has 0 N–H and O–H groups in total. The van der Waals surface area contributed by atoms with Crippen LogP contribution in [0.2, 0.25) is 0 Å². The highest BCUT2D eigenvalue weighted by atomic mass is 32.1. The number of hydrogen-bond acceptors (Lipinski definition) is 4. The number of hydrogen-bond donors (Lipinski definition) is 0. The Hall–Kier alpha value is -2.20. The van der Waals surface area contributed by atoms with Crippen LogP contribution in [0, 0.1) is 0 Å². The van der Waals surface area contributed by atoms with Crippen molar-refractivity contribution >= 4 is 37.5 Å². The lowest BCUT2D eigenvalue weighted by Crippen LogP contribution is -2.11. The van der Waals surface area contributed by atoms with E-state index in [1.807, 2.05) is 24.3 Å². The molecule has 0 atom stereocenters. The summed E-state index contributed by atoms with van der Waals surface area (Å²) in [5.74, 6) is -0.447. The smallest absolute Gasteiger partial charge is 0.338 e. The van der Waals surface area contributed by atoms with Gasteiger partial charge in [0.15, 0.2) is 5.43 Å². The van der Waals surface area contributed by atoms with Gasteiger partial charge in [-0.1, -0.05) is 18.2 Å². The van der Waals surface area contributed by atoms with Crippen LogP contribution in [0.4, 0.5) is 0 Å². The van der Waals surface area contributed by atoms with Crippen LogP contribution in [0.3, 0.4) is 0 Å². The molecule has 1 aromatic heterocycles. The van der Waals surface area contributed by atoms with Crippen LogP contribution in [0.25, 0.3) is 20.2 Å². The van der Waals surface area contributed by atoms with Gasteiger partial charge in [0.1, 0.15) is 0 Å². The summed E-state index contributed by atoms with van der Waals surface area (Å²) in [7, 11) is 0. The Morgan fingerprint density at radius 3 is 2.65 bits per heavy atom. The highest BCUT2D eigenvalue weighted by molar-refractivity contribution is 7.24. The van der Waals surface area contributed by atoms with Crippen LogP contribution in [-0.2, 0) is 4.74 Å². The number of fused-ring (bicyclic) bond motifs is 2. The monoisotopic (exact) mass is 284 g/mol. The molecule has 0 radical (unpaired) electrons. The van der Waals surface area contributed by atoms with Crippen LogP contribution in [0.15, 0.2) is 47.3 Å². The third-order valence-electron chi connectivity index (χ3n) is 3.10. The van der Waals surface area contributed by atoms with Gasteiger partial charge in [-0.2, -0.15) is 0 Å². The van der Waals surface area contributed by atoms with Crippen molar-refractivity contribution in [2.24, 2.45) is 0 Å². The van der Waals surface area contributed by atoms with E-state index >= 15 is 0 Å². The molecule has 0 saturated heterocycles. The summed E-state index contributed by atoms with van der Waals surface area (Å²) in [5, 5.41) is 1.09. The van der Waals surface area contributed by atoms with Gasteiger partial charge in [-0.25, -0.2) is 4.79 Å². The molecule has 3 nitrogen and oxygen atoms in total. The molecule has 100 valence electrons. The molecule has 0 aliphatic heterocycles. The Morgan fingerprint density at radius 2 is 1.85 bits per heavy atom. The van der Waals surface area contributed by atoms with Gasteiger partial charge in [0.25, 0.3) is 0 Å². The van der Waals surface area contributed by atoms with Crippen molar-refractivity contribution in [2.45, 2.75) is 6.92 Å². The van der Waals surface area contributed by atoms with Crippen LogP contribution in [0.1, 0.15) is 17.3 Å². The Bertz CT molecular complexity index is 864. The van der Waals surface area contributed by atoms with Crippen LogP contribution >= 0.6 is 11.3 Å². The second kappa shape index (κ2) is 5.06. The minimum absolute atomic E-state index is 0.113. The number of ether oxygens (including phenoxy) is 1. The van der Waals surface area contributed by atoms with Crippen molar-refractivity contribution in [1.29, 1.82) is 0 Å². The van der Waals surface area contributed by atoms with E-state index in [0.29, 0.717) is 22.9 Å². The Balaban J connectivity index is 2.42. The molecule has 0 bridgehead atoms. The van der Waals surface area contributed by atoms with Gasteiger partial charge in [-0.3, -0.25) is 4.79 Å². The average Bonchev–Trinajstić information content (AvgIpc) is 2.47. The molecule has 0 amide bonds. The van der Waals surface area contributed by atoms with Gasteiger partial charge in [0, 0.05) is 14.8 Å². The highest BCUT2D eigenvalue weighted by Gasteiger charge is 2.15. The summed E-state index contributed by atoms with van der Waals surface area (Å²) >= 11 is 1.51. The molecule has 2 aromatic carbocycles. The molecule has 0 aliphatic carbocycles. The van der Waals surface area contributed by atoms with Crippen molar-refractivity contribution in [3.8, 4) is 0 Å². The lowest BCUT2D eigenvalue weighted by Gasteiger charge is -2.06. The zero-order valence-corrected chi connectivity index (χ0v) is 11.7. The molecule has 20 heavy (non-hydrogen) atoms. The fraction of sp³-hybridized carbons (Fsp3) is 0.125. The highest BCUT2D eigenvalue weighted by Crippen LogP contribution is 2.26. The Kier molecular flexibility index (Phi) is 3.24. The summed E-state index contributed by atoms with van der Waals surface area (Å²) in [5.41, 5.74) is 0.231. The van der Waals surface area contributed by atoms with Gasteiger partial charge < -0.3 is 4.74 Å². The first-order valence-electron chi connectivity index (χ1n) is 6.34. The van der Waals surface area contributed by atoms with Crippen molar-refractivity contribution in [3.63, 3.8) is 0 Å². The molecule has 1 heterocycles. The van der Waals surface area contributed by atoms with E-state index < -0.39 is 5.97 Å². The number of carbonyl (C=O) groups is 1. The van der Waals surface area contributed by atoms with Gasteiger partial charge in [-0.05, 0) is 31.2 Å². The van der Waals surface area contributed by atoms with E-state index in [-0.39, 0.29) is 5.43 Å². The van der Waals surface area contributed by atoms with Gasteiger partial charge in [0.2, 0.25) is 0 Å². The predicted molar refractivity (Wildman–Crippen MR) is 81.6 cm³/mol. The van der Waals surface area contributed by atoms with E-state index in [1.54, 1.807) is 25.1 Å². The fourth-order valence-electron chi connectivity index (χ4n) is 2.23. The number of benzene rings is 2. The fourth-order valence-corrected chi connectivity index (χ4v) is 3.33. The third kappa shape index (κ3) is 1.98. The molecule has 0 spiro atoms. The molecule has 0 aliphatic rings. The van der Waals surface area contributed by atoms with E-state index in [9.17, 15) is 9.59 Å². The molecular formula is C16H12O3S. The van der Waals surface area contributed by atoms with Crippen LogP contribution in [0.5, 0.6) is 0 Å². The van der Waals surface area contributed by atoms with E-state index in [0.717, 1.165) is 9.40 Å². The van der Waals surface area contributed by atoms with Crippen LogP contribution in [-0.4, -0.2) is 12.6 Å². The molecule has 0 unspecified atom stereocenters. The lowest BCUT2D eigenvalue weighted by molar-refractivity contribution is 0.0528. The van der Waals surface area contributed by atoms with Crippen molar-refractivity contribution in [3.05, 3.63) is 58.3 Å². The molecule has 3 aromatic rings. The predicted octanol–water partition coefficient (Wildman–Crippen LogP) is 3.59. The van der Waals surface area contributed by atoms with Gasteiger partial charge in [0.05, 0.1) is 17.6 Å². The minimum Gasteiger partial charge on any atom is -0.462 e. The van der Waals surface area contributed by atoms with Crippen molar-refractivity contribution < 1.29 is 9.53 Å². The summed E-state index contributed by atoms with van der Waals surface area (Å²) in [6.07, 6.45) is 0. The molecule has 3 rings (SSSR count). The van der Waals surface area contributed by atoms with Crippen LogP contribution < -0.4 is 5.43 Å². The first kappa shape index (κ1) is 12.8. The third-order valence-corrected chi connectivity index (χ3v) is 4.24. The number of carbonyl (C=O) groups excluding carboxylic acids is 1. The Morgan fingerprint density at radius 1 is 1.10 bits per heavy atom. The second-order valence-electron chi connectivity index (χ2n) is 4.33. The summed E-state index contributed by atoms with van der Waals surface area (Å²) < 4.78 is 6.76. The van der Waals surface area contributed by atoms with E-state index in [4.69, 9.17) is 4.74 Å². The summed E-state index contributed by atoms with van der Waals surface area (Å²) in [4.78, 5) is 24.6. The Labute approximate surface area is 119 Å². The first-order valence-corrected chi connectivity index (χ1v) is 7.15. The number of rotatable bonds is 2.